The fourth-order valence-corrected chi connectivity index (χ4v) is 2.75. The van der Waals surface area contributed by atoms with Crippen LogP contribution in [0.4, 0.5) is 11.4 Å². The van der Waals surface area contributed by atoms with Gasteiger partial charge in [-0.15, -0.1) is 0 Å². The van der Waals surface area contributed by atoms with Crippen LogP contribution in [0.2, 0.25) is 0 Å². The summed E-state index contributed by atoms with van der Waals surface area (Å²) in [6.07, 6.45) is 0.400. The van der Waals surface area contributed by atoms with E-state index in [1.54, 1.807) is 42.9 Å². The summed E-state index contributed by atoms with van der Waals surface area (Å²) in [5.41, 5.74) is 2.81. The summed E-state index contributed by atoms with van der Waals surface area (Å²) in [7, 11) is 1.78. The van der Waals surface area contributed by atoms with Crippen LogP contribution in [-0.2, 0) is 16.6 Å². The molecule has 9 heteroatoms. The number of carbonyl (C=O) groups is 3. The number of aryl methyl sites for hydroxylation is 2. The first-order valence-corrected chi connectivity index (χ1v) is 9.23. The van der Waals surface area contributed by atoms with Crippen LogP contribution in [-0.4, -0.2) is 33.7 Å². The number of nitrogens with zero attached hydrogens (tertiary/aromatic N) is 2. The van der Waals surface area contributed by atoms with Gasteiger partial charge in [-0.2, -0.15) is 5.10 Å². The predicted molar refractivity (Wildman–Crippen MR) is 109 cm³/mol. The first-order chi connectivity index (χ1) is 14.3. The average Bonchev–Trinajstić information content (AvgIpc) is 3.33. The summed E-state index contributed by atoms with van der Waals surface area (Å²) in [6, 6.07) is 9.28. The first kappa shape index (κ1) is 20.8. The molecular weight excluding hydrogens is 388 g/mol. The van der Waals surface area contributed by atoms with Crippen LogP contribution in [0.25, 0.3) is 0 Å². The van der Waals surface area contributed by atoms with Crippen molar-refractivity contribution in [1.29, 1.82) is 0 Å². The van der Waals surface area contributed by atoms with Gasteiger partial charge in [0.25, 0.3) is 11.8 Å². The van der Waals surface area contributed by atoms with Gasteiger partial charge in [0, 0.05) is 12.7 Å². The molecule has 30 heavy (non-hydrogen) atoms. The molecule has 0 aliphatic carbocycles. The van der Waals surface area contributed by atoms with E-state index in [4.69, 9.17) is 9.15 Å². The second kappa shape index (κ2) is 8.64. The highest BCUT2D eigenvalue weighted by Crippen LogP contribution is 2.19. The zero-order valence-corrected chi connectivity index (χ0v) is 17.1. The number of furan rings is 1. The average molecular weight is 410 g/mol. The van der Waals surface area contributed by atoms with Crippen LogP contribution in [0.1, 0.15) is 39.2 Å². The van der Waals surface area contributed by atoms with Crippen molar-refractivity contribution in [2.24, 2.45) is 7.05 Å². The number of ether oxygens (including phenoxy) is 1. The van der Waals surface area contributed by atoms with Crippen molar-refractivity contribution in [2.45, 2.75) is 26.9 Å². The Morgan fingerprint density at radius 1 is 1.10 bits per heavy atom. The minimum atomic E-state index is -1.00. The van der Waals surface area contributed by atoms with E-state index in [1.165, 1.54) is 25.3 Å². The third-order valence-electron chi connectivity index (χ3n) is 4.53. The summed E-state index contributed by atoms with van der Waals surface area (Å²) >= 11 is 0. The molecule has 1 atom stereocenters. The Balaban J connectivity index is 1.58. The van der Waals surface area contributed by atoms with E-state index in [9.17, 15) is 14.4 Å². The molecule has 0 fully saturated rings. The van der Waals surface area contributed by atoms with Gasteiger partial charge in [0.2, 0.25) is 0 Å². The smallest absolute Gasteiger partial charge is 0.338 e. The number of anilines is 2. The molecular formula is C21H22N4O5. The quantitative estimate of drug-likeness (QED) is 0.604. The molecule has 0 saturated carbocycles. The zero-order chi connectivity index (χ0) is 21.8. The fraction of sp³-hybridized carbons (Fsp3) is 0.238. The molecule has 3 rings (SSSR count). The lowest BCUT2D eigenvalue weighted by atomic mass is 10.2. The van der Waals surface area contributed by atoms with E-state index in [0.29, 0.717) is 17.1 Å². The van der Waals surface area contributed by atoms with Crippen LogP contribution in [0, 0.1) is 13.8 Å². The van der Waals surface area contributed by atoms with E-state index < -0.39 is 23.9 Å². The molecule has 0 bridgehead atoms. The number of rotatable bonds is 6. The highest BCUT2D eigenvalue weighted by Gasteiger charge is 2.21. The zero-order valence-electron chi connectivity index (χ0n) is 17.1. The maximum absolute atomic E-state index is 12.4. The van der Waals surface area contributed by atoms with E-state index in [-0.39, 0.29) is 11.3 Å². The van der Waals surface area contributed by atoms with Gasteiger partial charge in [-0.05, 0) is 57.2 Å². The number of amides is 2. The van der Waals surface area contributed by atoms with Crippen LogP contribution in [0.5, 0.6) is 0 Å². The van der Waals surface area contributed by atoms with E-state index in [0.717, 1.165) is 5.69 Å². The Labute approximate surface area is 173 Å². The molecule has 9 nitrogen and oxygen atoms in total. The minimum Gasteiger partial charge on any atom is -0.459 e. The Morgan fingerprint density at radius 2 is 1.80 bits per heavy atom. The number of hydrogen-bond acceptors (Lipinski definition) is 6. The van der Waals surface area contributed by atoms with Gasteiger partial charge < -0.3 is 19.8 Å². The van der Waals surface area contributed by atoms with Gasteiger partial charge in [-0.3, -0.25) is 14.3 Å². The highest BCUT2D eigenvalue weighted by atomic mass is 16.5. The molecule has 2 heterocycles. The number of carbonyl (C=O) groups excluding carboxylic acids is 3. The van der Waals surface area contributed by atoms with Gasteiger partial charge in [-0.25, -0.2) is 4.79 Å². The van der Waals surface area contributed by atoms with Gasteiger partial charge in [0.1, 0.15) is 0 Å². The van der Waals surface area contributed by atoms with Crippen molar-refractivity contribution in [1.82, 2.24) is 9.78 Å². The highest BCUT2D eigenvalue weighted by molar-refractivity contribution is 6.02. The predicted octanol–water partition coefficient (Wildman–Crippen LogP) is 3.07. The van der Waals surface area contributed by atoms with E-state index in [1.807, 2.05) is 6.92 Å². The molecule has 2 N–H and O–H groups in total. The molecule has 0 radical (unpaired) electrons. The Bertz CT molecular complexity index is 1070. The van der Waals surface area contributed by atoms with Crippen molar-refractivity contribution in [2.75, 3.05) is 10.6 Å². The second-order valence-corrected chi connectivity index (χ2v) is 6.71. The lowest BCUT2D eigenvalue weighted by Crippen LogP contribution is -2.30. The lowest BCUT2D eigenvalue weighted by molar-refractivity contribution is -0.123. The molecule has 0 unspecified atom stereocenters. The summed E-state index contributed by atoms with van der Waals surface area (Å²) < 4.78 is 11.9. The molecule has 0 aliphatic heterocycles. The Kier molecular flexibility index (Phi) is 6.01. The fourth-order valence-electron chi connectivity index (χ4n) is 2.75. The summed E-state index contributed by atoms with van der Waals surface area (Å²) in [6.45, 7) is 5.11. The van der Waals surface area contributed by atoms with Crippen molar-refractivity contribution in [3.8, 4) is 0 Å². The molecule has 156 valence electrons. The standard InChI is InChI=1S/C21H22N4O5/c1-12-18(13(2)25(4)24-12)23-19(26)14(3)30-21(28)15-7-9-16(10-8-15)22-20(27)17-6-5-11-29-17/h5-11,14H,1-4H3,(H,22,27)(H,23,26)/t14-/m1/s1. The van der Waals surface area contributed by atoms with Crippen LogP contribution < -0.4 is 10.6 Å². The van der Waals surface area contributed by atoms with E-state index in [2.05, 4.69) is 15.7 Å². The molecule has 1 aromatic carbocycles. The normalized spacial score (nSPS) is 11.6. The van der Waals surface area contributed by atoms with Crippen molar-refractivity contribution < 1.29 is 23.5 Å². The first-order valence-electron chi connectivity index (χ1n) is 9.23. The number of hydrogen-bond donors (Lipinski definition) is 2. The second-order valence-electron chi connectivity index (χ2n) is 6.71. The monoisotopic (exact) mass is 410 g/mol. The SMILES string of the molecule is Cc1nn(C)c(C)c1NC(=O)[C@@H](C)OC(=O)c1ccc(NC(=O)c2ccco2)cc1. The summed E-state index contributed by atoms with van der Waals surface area (Å²) in [5, 5.41) is 9.63. The topological polar surface area (TPSA) is 115 Å². The van der Waals surface area contributed by atoms with Crippen LogP contribution in [0.3, 0.4) is 0 Å². The number of nitrogens with one attached hydrogen (secondary N) is 2. The number of benzene rings is 1. The molecule has 0 aliphatic rings. The maximum Gasteiger partial charge on any atom is 0.338 e. The Morgan fingerprint density at radius 3 is 2.37 bits per heavy atom. The van der Waals surface area contributed by atoms with Crippen LogP contribution in [0.15, 0.2) is 47.1 Å². The lowest BCUT2D eigenvalue weighted by Gasteiger charge is -2.14. The largest absolute Gasteiger partial charge is 0.459 e. The van der Waals surface area contributed by atoms with E-state index >= 15 is 0 Å². The number of aromatic nitrogens is 2. The van der Waals surface area contributed by atoms with Gasteiger partial charge in [-0.1, -0.05) is 0 Å². The molecule has 2 aromatic heterocycles. The van der Waals surface area contributed by atoms with Gasteiger partial charge in [0.15, 0.2) is 11.9 Å². The van der Waals surface area contributed by atoms with Crippen molar-refractivity contribution in [3.05, 3.63) is 65.4 Å². The third-order valence-corrected chi connectivity index (χ3v) is 4.53. The number of esters is 1. The molecule has 2 amide bonds. The molecule has 0 saturated heterocycles. The third kappa shape index (κ3) is 4.57. The Hall–Kier alpha value is -3.88. The summed E-state index contributed by atoms with van der Waals surface area (Å²) in [4.78, 5) is 36.7. The molecule has 3 aromatic rings. The minimum absolute atomic E-state index is 0.178. The molecule has 0 spiro atoms. The summed E-state index contributed by atoms with van der Waals surface area (Å²) in [5.74, 6) is -1.33. The maximum atomic E-state index is 12.4. The van der Waals surface area contributed by atoms with Crippen LogP contribution >= 0.6 is 0 Å². The van der Waals surface area contributed by atoms with Gasteiger partial charge >= 0.3 is 5.97 Å². The van der Waals surface area contributed by atoms with Crippen molar-refractivity contribution in [3.63, 3.8) is 0 Å². The van der Waals surface area contributed by atoms with Crippen molar-refractivity contribution >= 4 is 29.2 Å². The van der Waals surface area contributed by atoms with Gasteiger partial charge in [0.05, 0.1) is 28.9 Å².